The largest absolute Gasteiger partial charge is 0.481 e. The zero-order chi connectivity index (χ0) is 13.1. The van der Waals surface area contributed by atoms with Gasteiger partial charge in [0, 0.05) is 29.5 Å². The van der Waals surface area contributed by atoms with Gasteiger partial charge in [0.05, 0.1) is 6.42 Å². The SMILES string of the molecule is Cc1cc(Cl)ccc1-n1ccnc1CCC(=O)O. The van der Waals surface area contributed by atoms with Crippen LogP contribution in [0.15, 0.2) is 30.6 Å². The minimum absolute atomic E-state index is 0.0731. The number of carboxylic acids is 1. The van der Waals surface area contributed by atoms with Crippen LogP contribution in [0.5, 0.6) is 0 Å². The molecule has 4 nitrogen and oxygen atoms in total. The Morgan fingerprint density at radius 3 is 2.94 bits per heavy atom. The third-order valence-corrected chi connectivity index (χ3v) is 2.93. The van der Waals surface area contributed by atoms with Crippen molar-refractivity contribution >= 4 is 17.6 Å². The fraction of sp³-hybridized carbons (Fsp3) is 0.231. The lowest BCUT2D eigenvalue weighted by molar-refractivity contribution is -0.137. The molecule has 1 heterocycles. The second-order valence-corrected chi connectivity index (χ2v) is 4.47. The molecule has 0 radical (unpaired) electrons. The maximum Gasteiger partial charge on any atom is 0.303 e. The second-order valence-electron chi connectivity index (χ2n) is 4.04. The van der Waals surface area contributed by atoms with Crippen molar-refractivity contribution in [3.05, 3.63) is 47.0 Å². The van der Waals surface area contributed by atoms with Crippen LogP contribution in [0.1, 0.15) is 17.8 Å². The van der Waals surface area contributed by atoms with Gasteiger partial charge in [-0.05, 0) is 30.7 Å². The van der Waals surface area contributed by atoms with Crippen molar-refractivity contribution in [2.45, 2.75) is 19.8 Å². The van der Waals surface area contributed by atoms with E-state index in [1.54, 1.807) is 6.20 Å². The molecule has 5 heteroatoms. The summed E-state index contributed by atoms with van der Waals surface area (Å²) in [5, 5.41) is 9.39. The molecule has 2 rings (SSSR count). The Morgan fingerprint density at radius 1 is 1.50 bits per heavy atom. The number of aryl methyl sites for hydroxylation is 2. The lowest BCUT2D eigenvalue weighted by atomic mass is 10.2. The third-order valence-electron chi connectivity index (χ3n) is 2.70. The number of imidazole rings is 1. The maximum absolute atomic E-state index is 10.6. The zero-order valence-electron chi connectivity index (χ0n) is 9.93. The van der Waals surface area contributed by atoms with Crippen LogP contribution >= 0.6 is 11.6 Å². The van der Waals surface area contributed by atoms with Gasteiger partial charge in [-0.2, -0.15) is 0 Å². The molecule has 0 aliphatic carbocycles. The Hall–Kier alpha value is -1.81. The molecule has 0 atom stereocenters. The average Bonchev–Trinajstić information content (AvgIpc) is 2.74. The van der Waals surface area contributed by atoms with E-state index in [4.69, 9.17) is 16.7 Å². The first kappa shape index (κ1) is 12.6. The van der Waals surface area contributed by atoms with E-state index in [2.05, 4.69) is 4.98 Å². The van der Waals surface area contributed by atoms with Crippen molar-refractivity contribution in [1.29, 1.82) is 0 Å². The Kier molecular flexibility index (Phi) is 3.67. The van der Waals surface area contributed by atoms with Crippen LogP contribution in [-0.2, 0) is 11.2 Å². The number of benzene rings is 1. The van der Waals surface area contributed by atoms with E-state index in [9.17, 15) is 4.79 Å². The van der Waals surface area contributed by atoms with E-state index in [1.165, 1.54) is 0 Å². The minimum Gasteiger partial charge on any atom is -0.481 e. The molecule has 1 aromatic carbocycles. The fourth-order valence-corrected chi connectivity index (χ4v) is 2.07. The number of carbonyl (C=O) groups is 1. The van der Waals surface area contributed by atoms with Gasteiger partial charge in [0.15, 0.2) is 0 Å². The Bertz CT molecular complexity index is 578. The second kappa shape index (κ2) is 5.23. The first-order chi connectivity index (χ1) is 8.58. The molecule has 0 aliphatic rings. The maximum atomic E-state index is 10.6. The molecule has 0 saturated heterocycles. The summed E-state index contributed by atoms with van der Waals surface area (Å²) in [6, 6.07) is 5.59. The van der Waals surface area contributed by atoms with Gasteiger partial charge in [-0.15, -0.1) is 0 Å². The van der Waals surface area contributed by atoms with E-state index in [0.29, 0.717) is 11.4 Å². The summed E-state index contributed by atoms with van der Waals surface area (Å²) in [7, 11) is 0. The van der Waals surface area contributed by atoms with E-state index in [0.717, 1.165) is 17.1 Å². The number of hydrogen-bond donors (Lipinski definition) is 1. The molecule has 1 N–H and O–H groups in total. The van der Waals surface area contributed by atoms with Gasteiger partial charge < -0.3 is 9.67 Å². The van der Waals surface area contributed by atoms with Crippen molar-refractivity contribution in [2.24, 2.45) is 0 Å². The zero-order valence-corrected chi connectivity index (χ0v) is 10.7. The summed E-state index contributed by atoms with van der Waals surface area (Å²) >= 11 is 5.92. The molecule has 0 spiro atoms. The van der Waals surface area contributed by atoms with E-state index in [-0.39, 0.29) is 6.42 Å². The Morgan fingerprint density at radius 2 is 2.28 bits per heavy atom. The molecule has 0 unspecified atom stereocenters. The van der Waals surface area contributed by atoms with Crippen LogP contribution in [0.25, 0.3) is 5.69 Å². The van der Waals surface area contributed by atoms with Gasteiger partial charge >= 0.3 is 5.97 Å². The highest BCUT2D eigenvalue weighted by Crippen LogP contribution is 2.20. The van der Waals surface area contributed by atoms with Crippen LogP contribution in [0.4, 0.5) is 0 Å². The number of hydrogen-bond acceptors (Lipinski definition) is 2. The molecule has 0 fully saturated rings. The van der Waals surface area contributed by atoms with Crippen molar-refractivity contribution in [3.8, 4) is 5.69 Å². The van der Waals surface area contributed by atoms with Gasteiger partial charge in [-0.1, -0.05) is 11.6 Å². The number of carboxylic acid groups (broad SMARTS) is 1. The highest BCUT2D eigenvalue weighted by molar-refractivity contribution is 6.30. The summed E-state index contributed by atoms with van der Waals surface area (Å²) in [6.45, 7) is 1.96. The topological polar surface area (TPSA) is 55.1 Å². The normalized spacial score (nSPS) is 10.6. The molecule has 0 aliphatic heterocycles. The molecule has 0 amide bonds. The first-order valence-corrected chi connectivity index (χ1v) is 5.96. The number of nitrogens with zero attached hydrogens (tertiary/aromatic N) is 2. The predicted octanol–water partition coefficient (Wildman–Crippen LogP) is 2.85. The molecular formula is C13H13ClN2O2. The summed E-state index contributed by atoms with van der Waals surface area (Å²) in [5.41, 5.74) is 1.99. The standard InChI is InChI=1S/C13H13ClN2O2/c1-9-8-10(14)2-3-11(9)16-7-6-15-12(16)4-5-13(17)18/h2-3,6-8H,4-5H2,1H3,(H,17,18). The van der Waals surface area contributed by atoms with Gasteiger partial charge in [0.2, 0.25) is 0 Å². The number of aromatic nitrogens is 2. The number of aliphatic carboxylic acids is 1. The fourth-order valence-electron chi connectivity index (χ4n) is 1.85. The van der Waals surface area contributed by atoms with Crippen LogP contribution in [0.3, 0.4) is 0 Å². The average molecular weight is 265 g/mol. The highest BCUT2D eigenvalue weighted by Gasteiger charge is 2.09. The molecule has 0 saturated carbocycles. The third kappa shape index (κ3) is 2.71. The summed E-state index contributed by atoms with van der Waals surface area (Å²) in [4.78, 5) is 14.8. The quantitative estimate of drug-likeness (QED) is 0.924. The van der Waals surface area contributed by atoms with Crippen LogP contribution < -0.4 is 0 Å². The molecule has 94 valence electrons. The summed E-state index contributed by atoms with van der Waals surface area (Å²) in [5.74, 6) is -0.0831. The van der Waals surface area contributed by atoms with Crippen molar-refractivity contribution in [1.82, 2.24) is 9.55 Å². The van der Waals surface area contributed by atoms with Gasteiger partial charge in [-0.3, -0.25) is 4.79 Å². The van der Waals surface area contributed by atoms with Gasteiger partial charge in [0.25, 0.3) is 0 Å². The van der Waals surface area contributed by atoms with E-state index in [1.807, 2.05) is 35.9 Å². The molecule has 0 bridgehead atoms. The summed E-state index contributed by atoms with van der Waals surface area (Å²) in [6.07, 6.45) is 3.98. The van der Waals surface area contributed by atoms with E-state index < -0.39 is 5.97 Å². The monoisotopic (exact) mass is 264 g/mol. The van der Waals surface area contributed by atoms with Crippen LogP contribution in [0.2, 0.25) is 5.02 Å². The summed E-state index contributed by atoms with van der Waals surface area (Å²) < 4.78 is 1.90. The lowest BCUT2D eigenvalue weighted by Crippen LogP contribution is -2.05. The minimum atomic E-state index is -0.822. The molecule has 18 heavy (non-hydrogen) atoms. The van der Waals surface area contributed by atoms with Crippen molar-refractivity contribution in [3.63, 3.8) is 0 Å². The van der Waals surface area contributed by atoms with E-state index >= 15 is 0 Å². The lowest BCUT2D eigenvalue weighted by Gasteiger charge is -2.10. The first-order valence-electron chi connectivity index (χ1n) is 5.58. The van der Waals surface area contributed by atoms with Crippen LogP contribution in [0, 0.1) is 6.92 Å². The van der Waals surface area contributed by atoms with Crippen LogP contribution in [-0.4, -0.2) is 20.6 Å². The van der Waals surface area contributed by atoms with Gasteiger partial charge in [0.1, 0.15) is 5.82 Å². The Balaban J connectivity index is 2.33. The molecule has 1 aromatic heterocycles. The van der Waals surface area contributed by atoms with Gasteiger partial charge in [-0.25, -0.2) is 4.98 Å². The smallest absolute Gasteiger partial charge is 0.303 e. The number of rotatable bonds is 4. The molecular weight excluding hydrogens is 252 g/mol. The predicted molar refractivity (Wildman–Crippen MR) is 69.3 cm³/mol. The Labute approximate surface area is 110 Å². The number of halogens is 1. The highest BCUT2D eigenvalue weighted by atomic mass is 35.5. The van der Waals surface area contributed by atoms with Crippen molar-refractivity contribution < 1.29 is 9.90 Å². The van der Waals surface area contributed by atoms with Crippen molar-refractivity contribution in [2.75, 3.05) is 0 Å². The molecule has 2 aromatic rings.